The Morgan fingerprint density at radius 2 is 2.05 bits per heavy atom. The molecule has 0 amide bonds. The molecule has 0 aromatic heterocycles. The maximum Gasteiger partial charge on any atom is 0.336 e. The molecule has 19 heavy (non-hydrogen) atoms. The molecular weight excluding hydrogens is 338 g/mol. The number of sulfonamides is 1. The number of carboxylic acids is 1. The van der Waals surface area contributed by atoms with Gasteiger partial charge in [-0.25, -0.2) is 13.2 Å². The van der Waals surface area contributed by atoms with Gasteiger partial charge < -0.3 is 10.2 Å². The van der Waals surface area contributed by atoms with E-state index in [1.165, 1.54) is 16.4 Å². The van der Waals surface area contributed by atoms with Crippen LogP contribution in [0.2, 0.25) is 0 Å². The minimum absolute atomic E-state index is 0.0378. The Kier molecular flexibility index (Phi) is 3.95. The van der Waals surface area contributed by atoms with Crippen molar-refractivity contribution in [3.63, 3.8) is 0 Å². The predicted molar refractivity (Wildman–Crippen MR) is 70.4 cm³/mol. The molecule has 8 heteroatoms. The van der Waals surface area contributed by atoms with Crippen molar-refractivity contribution < 1.29 is 23.4 Å². The number of rotatable bonds is 4. The summed E-state index contributed by atoms with van der Waals surface area (Å²) < 4.78 is 26.0. The first-order valence-corrected chi connectivity index (χ1v) is 7.73. The van der Waals surface area contributed by atoms with Crippen molar-refractivity contribution in [3.05, 3.63) is 28.2 Å². The van der Waals surface area contributed by atoms with Crippen LogP contribution in [0, 0.1) is 5.92 Å². The molecule has 6 nitrogen and oxygen atoms in total. The number of benzene rings is 1. The van der Waals surface area contributed by atoms with Crippen molar-refractivity contribution in [1.82, 2.24) is 4.31 Å². The van der Waals surface area contributed by atoms with Gasteiger partial charge in [-0.15, -0.1) is 0 Å². The molecule has 2 rings (SSSR count). The molecule has 1 saturated heterocycles. The Hall–Kier alpha value is -0.960. The lowest BCUT2D eigenvalue weighted by molar-refractivity contribution is 0.0695. The van der Waals surface area contributed by atoms with E-state index in [1.807, 2.05) is 0 Å². The van der Waals surface area contributed by atoms with E-state index in [0.29, 0.717) is 4.47 Å². The van der Waals surface area contributed by atoms with Gasteiger partial charge in [-0.05, 0) is 34.1 Å². The van der Waals surface area contributed by atoms with E-state index in [1.54, 1.807) is 0 Å². The second kappa shape index (κ2) is 5.20. The lowest BCUT2D eigenvalue weighted by Crippen LogP contribution is -2.51. The second-order valence-corrected chi connectivity index (χ2v) is 7.11. The van der Waals surface area contributed by atoms with Crippen LogP contribution >= 0.6 is 15.9 Å². The van der Waals surface area contributed by atoms with Gasteiger partial charge in [-0.3, -0.25) is 0 Å². The van der Waals surface area contributed by atoms with Crippen molar-refractivity contribution in [1.29, 1.82) is 0 Å². The van der Waals surface area contributed by atoms with Gasteiger partial charge in [-0.2, -0.15) is 4.31 Å². The molecule has 1 fully saturated rings. The van der Waals surface area contributed by atoms with Gasteiger partial charge in [-0.1, -0.05) is 0 Å². The summed E-state index contributed by atoms with van der Waals surface area (Å²) in [5, 5.41) is 17.9. The first-order chi connectivity index (χ1) is 8.86. The van der Waals surface area contributed by atoms with E-state index in [-0.39, 0.29) is 36.1 Å². The van der Waals surface area contributed by atoms with Crippen molar-refractivity contribution >= 4 is 31.9 Å². The third-order valence-corrected chi connectivity index (χ3v) is 5.51. The fourth-order valence-corrected chi connectivity index (χ4v) is 3.85. The topological polar surface area (TPSA) is 94.9 Å². The van der Waals surface area contributed by atoms with E-state index in [4.69, 9.17) is 10.2 Å². The highest BCUT2D eigenvalue weighted by atomic mass is 79.9. The molecule has 0 unspecified atom stereocenters. The monoisotopic (exact) mass is 349 g/mol. The standard InChI is InChI=1S/C11H12BrNO5S/c12-10-2-1-8(3-9(10)11(15)16)19(17,18)13-4-7(5-13)6-14/h1-3,7,14H,4-6H2,(H,15,16). The first kappa shape index (κ1) is 14.4. The SMILES string of the molecule is O=C(O)c1cc(S(=O)(=O)N2CC(CO)C2)ccc1Br. The van der Waals surface area contributed by atoms with E-state index in [2.05, 4.69) is 15.9 Å². The lowest BCUT2D eigenvalue weighted by Gasteiger charge is -2.36. The molecule has 1 heterocycles. The number of hydrogen-bond donors (Lipinski definition) is 2. The zero-order valence-corrected chi connectivity index (χ0v) is 12.2. The summed E-state index contributed by atoms with van der Waals surface area (Å²) in [5.74, 6) is -1.23. The van der Waals surface area contributed by atoms with Crippen LogP contribution in [0.5, 0.6) is 0 Å². The van der Waals surface area contributed by atoms with Gasteiger partial charge in [0.15, 0.2) is 0 Å². The molecule has 1 aromatic carbocycles. The summed E-state index contributed by atoms with van der Waals surface area (Å²) in [7, 11) is -3.68. The molecule has 0 aliphatic carbocycles. The molecule has 1 aliphatic heterocycles. The molecule has 2 N–H and O–H groups in total. The minimum atomic E-state index is -3.68. The number of carboxylic acid groups (broad SMARTS) is 1. The summed E-state index contributed by atoms with van der Waals surface area (Å²) in [6, 6.07) is 3.89. The quantitative estimate of drug-likeness (QED) is 0.836. The summed E-state index contributed by atoms with van der Waals surface area (Å²) in [4.78, 5) is 10.9. The minimum Gasteiger partial charge on any atom is -0.478 e. The number of hydrogen-bond acceptors (Lipinski definition) is 4. The van der Waals surface area contributed by atoms with Gasteiger partial charge in [0.25, 0.3) is 0 Å². The summed E-state index contributed by atoms with van der Waals surface area (Å²) in [5.41, 5.74) is -0.0969. The van der Waals surface area contributed by atoms with E-state index in [0.717, 1.165) is 6.07 Å². The zero-order chi connectivity index (χ0) is 14.2. The van der Waals surface area contributed by atoms with Crippen LogP contribution < -0.4 is 0 Å². The first-order valence-electron chi connectivity index (χ1n) is 5.50. The van der Waals surface area contributed by atoms with Gasteiger partial charge in [0.2, 0.25) is 10.0 Å². The smallest absolute Gasteiger partial charge is 0.336 e. The van der Waals surface area contributed by atoms with Crippen molar-refractivity contribution in [3.8, 4) is 0 Å². The number of aliphatic hydroxyl groups excluding tert-OH is 1. The largest absolute Gasteiger partial charge is 0.478 e. The number of aromatic carboxylic acids is 1. The number of carbonyl (C=O) groups is 1. The van der Waals surface area contributed by atoms with Gasteiger partial charge in [0, 0.05) is 30.1 Å². The Morgan fingerprint density at radius 3 is 2.58 bits per heavy atom. The van der Waals surface area contributed by atoms with Crippen molar-refractivity contribution in [2.75, 3.05) is 19.7 Å². The fourth-order valence-electron chi connectivity index (χ4n) is 1.81. The highest BCUT2D eigenvalue weighted by Gasteiger charge is 2.36. The second-order valence-electron chi connectivity index (χ2n) is 4.32. The maximum atomic E-state index is 12.2. The van der Waals surface area contributed by atoms with Gasteiger partial charge in [0.05, 0.1) is 10.5 Å². The molecule has 1 aliphatic rings. The molecule has 1 aromatic rings. The van der Waals surface area contributed by atoms with Crippen LogP contribution in [0.15, 0.2) is 27.6 Å². The Balaban J connectivity index is 2.32. The Bertz CT molecular complexity index is 610. The molecular formula is C11H12BrNO5S. The van der Waals surface area contributed by atoms with Crippen molar-refractivity contribution in [2.24, 2.45) is 5.92 Å². The van der Waals surface area contributed by atoms with Crippen molar-refractivity contribution in [2.45, 2.75) is 4.90 Å². The molecule has 0 radical (unpaired) electrons. The predicted octanol–water partition coefficient (Wildman–Crippen LogP) is 0.760. The highest BCUT2D eigenvalue weighted by molar-refractivity contribution is 9.10. The lowest BCUT2D eigenvalue weighted by atomic mass is 10.1. The molecule has 104 valence electrons. The number of nitrogens with zero attached hydrogens (tertiary/aromatic N) is 1. The van der Waals surface area contributed by atoms with Crippen LogP contribution in [0.3, 0.4) is 0 Å². The summed E-state index contributed by atoms with van der Waals surface area (Å²) in [6.45, 7) is 0.474. The van der Waals surface area contributed by atoms with E-state index < -0.39 is 16.0 Å². The van der Waals surface area contributed by atoms with Crippen LogP contribution in [-0.4, -0.2) is 48.6 Å². The van der Waals surface area contributed by atoms with Gasteiger partial charge in [0.1, 0.15) is 0 Å². The maximum absolute atomic E-state index is 12.2. The molecule has 0 atom stereocenters. The Labute approximate surface area is 118 Å². The fraction of sp³-hybridized carbons (Fsp3) is 0.364. The average molecular weight is 350 g/mol. The van der Waals surface area contributed by atoms with E-state index >= 15 is 0 Å². The summed E-state index contributed by atoms with van der Waals surface area (Å²) >= 11 is 3.06. The molecule has 0 saturated carbocycles. The number of halogens is 1. The number of aliphatic hydroxyl groups is 1. The third-order valence-electron chi connectivity index (χ3n) is 2.99. The van der Waals surface area contributed by atoms with Crippen LogP contribution in [-0.2, 0) is 10.0 Å². The molecule has 0 spiro atoms. The van der Waals surface area contributed by atoms with Crippen LogP contribution in [0.4, 0.5) is 0 Å². The Morgan fingerprint density at radius 1 is 1.42 bits per heavy atom. The summed E-state index contributed by atoms with van der Waals surface area (Å²) in [6.07, 6.45) is 0. The average Bonchev–Trinajstić information content (AvgIpc) is 2.27. The van der Waals surface area contributed by atoms with Crippen LogP contribution in [0.25, 0.3) is 0 Å². The zero-order valence-electron chi connectivity index (χ0n) is 9.78. The molecule has 0 bridgehead atoms. The van der Waals surface area contributed by atoms with Gasteiger partial charge >= 0.3 is 5.97 Å². The highest BCUT2D eigenvalue weighted by Crippen LogP contribution is 2.27. The normalized spacial score (nSPS) is 17.2. The van der Waals surface area contributed by atoms with Crippen LogP contribution in [0.1, 0.15) is 10.4 Å². The van der Waals surface area contributed by atoms with E-state index in [9.17, 15) is 13.2 Å². The third kappa shape index (κ3) is 2.66.